The van der Waals surface area contributed by atoms with Crippen molar-refractivity contribution in [3.8, 4) is 10.7 Å². The van der Waals surface area contributed by atoms with Gasteiger partial charge in [0, 0.05) is 19.3 Å². The number of nitrogens with zero attached hydrogens (tertiary/aromatic N) is 3. The Morgan fingerprint density at radius 1 is 1.43 bits per heavy atom. The fraction of sp³-hybridized carbons (Fsp3) is 0.438. The van der Waals surface area contributed by atoms with Gasteiger partial charge in [-0.1, -0.05) is 13.0 Å². The number of piperidine rings is 1. The average molecular weight is 301 g/mol. The van der Waals surface area contributed by atoms with E-state index in [1.54, 1.807) is 6.20 Å². The first-order chi connectivity index (χ1) is 10.1. The Balaban J connectivity index is 1.86. The molecule has 0 N–H and O–H groups in total. The van der Waals surface area contributed by atoms with Crippen LogP contribution in [-0.4, -0.2) is 33.9 Å². The van der Waals surface area contributed by atoms with Crippen LogP contribution in [0, 0.1) is 12.8 Å². The fourth-order valence-corrected chi connectivity index (χ4v) is 3.72. The summed E-state index contributed by atoms with van der Waals surface area (Å²) in [6.45, 7) is 5.83. The zero-order valence-electron chi connectivity index (χ0n) is 12.4. The quantitative estimate of drug-likeness (QED) is 0.854. The summed E-state index contributed by atoms with van der Waals surface area (Å²) in [6.07, 6.45) is 4.06. The van der Waals surface area contributed by atoms with E-state index in [1.165, 1.54) is 17.8 Å². The predicted octanol–water partition coefficient (Wildman–Crippen LogP) is 3.39. The van der Waals surface area contributed by atoms with Gasteiger partial charge in [-0.15, -0.1) is 11.3 Å². The summed E-state index contributed by atoms with van der Waals surface area (Å²) in [7, 11) is 0. The number of hydrogen-bond acceptors (Lipinski definition) is 4. The molecule has 2 aromatic rings. The second-order valence-corrected chi connectivity index (χ2v) is 6.65. The Labute approximate surface area is 128 Å². The molecule has 0 saturated carbocycles. The minimum Gasteiger partial charge on any atom is -0.338 e. The molecule has 1 aliphatic heterocycles. The average Bonchev–Trinajstić information content (AvgIpc) is 2.89. The van der Waals surface area contributed by atoms with Crippen LogP contribution >= 0.6 is 11.3 Å². The summed E-state index contributed by atoms with van der Waals surface area (Å²) in [5.41, 5.74) is 1.64. The highest BCUT2D eigenvalue weighted by Gasteiger charge is 2.25. The summed E-state index contributed by atoms with van der Waals surface area (Å²) in [5, 5.41) is 0.821. The molecule has 0 spiro atoms. The van der Waals surface area contributed by atoms with Crippen LogP contribution in [0.3, 0.4) is 0 Å². The second-order valence-electron chi connectivity index (χ2n) is 5.65. The van der Waals surface area contributed by atoms with Crippen molar-refractivity contribution in [2.24, 2.45) is 5.92 Å². The maximum atomic E-state index is 12.7. The molecule has 1 fully saturated rings. The number of amides is 1. The Hall–Kier alpha value is -1.75. The van der Waals surface area contributed by atoms with E-state index in [1.807, 2.05) is 30.0 Å². The number of aromatic nitrogens is 2. The van der Waals surface area contributed by atoms with Crippen LogP contribution in [0.25, 0.3) is 10.7 Å². The predicted molar refractivity (Wildman–Crippen MR) is 84.4 cm³/mol. The molecule has 4 nitrogen and oxygen atoms in total. The summed E-state index contributed by atoms with van der Waals surface area (Å²) < 4.78 is 0. The molecule has 3 rings (SSSR count). The summed E-state index contributed by atoms with van der Waals surface area (Å²) in [4.78, 5) is 24.2. The topological polar surface area (TPSA) is 46.1 Å². The molecule has 0 aliphatic carbocycles. The molecule has 3 heterocycles. The summed E-state index contributed by atoms with van der Waals surface area (Å²) in [6, 6.07) is 5.74. The van der Waals surface area contributed by atoms with Crippen molar-refractivity contribution in [2.75, 3.05) is 13.1 Å². The van der Waals surface area contributed by atoms with Crippen molar-refractivity contribution < 1.29 is 4.79 Å². The highest BCUT2D eigenvalue weighted by Crippen LogP contribution is 2.28. The Bertz CT molecular complexity index is 638. The van der Waals surface area contributed by atoms with Gasteiger partial charge in [-0.25, -0.2) is 4.98 Å². The van der Waals surface area contributed by atoms with Crippen molar-refractivity contribution in [3.05, 3.63) is 35.0 Å². The van der Waals surface area contributed by atoms with E-state index in [-0.39, 0.29) is 5.91 Å². The van der Waals surface area contributed by atoms with Crippen molar-refractivity contribution in [2.45, 2.75) is 26.7 Å². The molecule has 21 heavy (non-hydrogen) atoms. The number of carbonyl (C=O) groups excluding carboxylic acids is 1. The standard InChI is InChI=1S/C16H19N3OS/c1-11-6-5-9-19(10-11)16(20)14-12(2)18-15(21-14)13-7-3-4-8-17-13/h3-4,7-8,11H,5-6,9-10H2,1-2H3. The molecule has 1 unspecified atom stereocenters. The zero-order valence-corrected chi connectivity index (χ0v) is 13.2. The SMILES string of the molecule is Cc1nc(-c2ccccn2)sc1C(=O)N1CCCC(C)C1. The van der Waals surface area contributed by atoms with Crippen molar-refractivity contribution in [1.29, 1.82) is 0 Å². The van der Waals surface area contributed by atoms with Crippen LogP contribution in [0.5, 0.6) is 0 Å². The number of hydrogen-bond donors (Lipinski definition) is 0. The van der Waals surface area contributed by atoms with Gasteiger partial charge in [0.2, 0.25) is 0 Å². The molecule has 0 bridgehead atoms. The molecular formula is C16H19N3OS. The lowest BCUT2D eigenvalue weighted by atomic mass is 10.0. The minimum absolute atomic E-state index is 0.124. The van der Waals surface area contributed by atoms with Crippen LogP contribution in [0.15, 0.2) is 24.4 Å². The normalized spacial score (nSPS) is 18.8. The van der Waals surface area contributed by atoms with E-state index in [0.717, 1.165) is 40.8 Å². The Morgan fingerprint density at radius 2 is 2.29 bits per heavy atom. The van der Waals surface area contributed by atoms with E-state index in [0.29, 0.717) is 5.92 Å². The molecular weight excluding hydrogens is 282 g/mol. The van der Waals surface area contributed by atoms with Crippen molar-refractivity contribution >= 4 is 17.2 Å². The molecule has 0 radical (unpaired) electrons. The Kier molecular flexibility index (Phi) is 4.01. The molecule has 0 aromatic carbocycles. The monoisotopic (exact) mass is 301 g/mol. The first-order valence-electron chi connectivity index (χ1n) is 7.33. The van der Waals surface area contributed by atoms with E-state index >= 15 is 0 Å². The van der Waals surface area contributed by atoms with Crippen LogP contribution in [0.2, 0.25) is 0 Å². The van der Waals surface area contributed by atoms with E-state index in [4.69, 9.17) is 0 Å². The van der Waals surface area contributed by atoms with Gasteiger partial charge < -0.3 is 4.90 Å². The molecule has 1 amide bonds. The number of pyridine rings is 1. The molecule has 1 saturated heterocycles. The number of aryl methyl sites for hydroxylation is 1. The number of likely N-dealkylation sites (tertiary alicyclic amines) is 1. The van der Waals surface area contributed by atoms with Gasteiger partial charge in [0.05, 0.1) is 11.4 Å². The highest BCUT2D eigenvalue weighted by molar-refractivity contribution is 7.17. The third kappa shape index (κ3) is 2.97. The Morgan fingerprint density at radius 3 is 3.00 bits per heavy atom. The van der Waals surface area contributed by atoms with Gasteiger partial charge in [-0.3, -0.25) is 9.78 Å². The molecule has 1 atom stereocenters. The van der Waals surface area contributed by atoms with Gasteiger partial charge in [-0.05, 0) is 37.8 Å². The second kappa shape index (κ2) is 5.93. The molecule has 110 valence electrons. The van der Waals surface area contributed by atoms with Gasteiger partial charge >= 0.3 is 0 Å². The van der Waals surface area contributed by atoms with Gasteiger partial charge in [0.15, 0.2) is 0 Å². The number of rotatable bonds is 2. The van der Waals surface area contributed by atoms with Gasteiger partial charge in [0.25, 0.3) is 5.91 Å². The summed E-state index contributed by atoms with van der Waals surface area (Å²) >= 11 is 1.45. The molecule has 2 aromatic heterocycles. The van der Waals surface area contributed by atoms with E-state index < -0.39 is 0 Å². The van der Waals surface area contributed by atoms with Crippen LogP contribution in [0.1, 0.15) is 35.1 Å². The van der Waals surface area contributed by atoms with Crippen LogP contribution < -0.4 is 0 Å². The lowest BCUT2D eigenvalue weighted by molar-refractivity contribution is 0.0687. The minimum atomic E-state index is 0.124. The fourth-order valence-electron chi connectivity index (χ4n) is 2.71. The largest absolute Gasteiger partial charge is 0.338 e. The number of thiazole rings is 1. The summed E-state index contributed by atoms with van der Waals surface area (Å²) in [5.74, 6) is 0.713. The van der Waals surface area contributed by atoms with Crippen molar-refractivity contribution in [3.63, 3.8) is 0 Å². The van der Waals surface area contributed by atoms with Gasteiger partial charge in [-0.2, -0.15) is 0 Å². The van der Waals surface area contributed by atoms with Gasteiger partial charge in [0.1, 0.15) is 9.88 Å². The lowest BCUT2D eigenvalue weighted by Crippen LogP contribution is -2.39. The van der Waals surface area contributed by atoms with E-state index in [2.05, 4.69) is 16.9 Å². The van der Waals surface area contributed by atoms with E-state index in [9.17, 15) is 4.79 Å². The maximum Gasteiger partial charge on any atom is 0.265 e. The van der Waals surface area contributed by atoms with Crippen LogP contribution in [0.4, 0.5) is 0 Å². The smallest absolute Gasteiger partial charge is 0.265 e. The third-order valence-corrected chi connectivity index (χ3v) is 4.99. The third-order valence-electron chi connectivity index (χ3n) is 3.82. The number of carbonyl (C=O) groups is 1. The first-order valence-corrected chi connectivity index (χ1v) is 8.15. The van der Waals surface area contributed by atoms with Crippen molar-refractivity contribution in [1.82, 2.24) is 14.9 Å². The van der Waals surface area contributed by atoms with Crippen LogP contribution in [-0.2, 0) is 0 Å². The first kappa shape index (κ1) is 14.2. The zero-order chi connectivity index (χ0) is 14.8. The molecule has 1 aliphatic rings. The lowest BCUT2D eigenvalue weighted by Gasteiger charge is -2.30. The molecule has 5 heteroatoms. The maximum absolute atomic E-state index is 12.7. The highest BCUT2D eigenvalue weighted by atomic mass is 32.1.